The van der Waals surface area contributed by atoms with Crippen LogP contribution in [0.15, 0.2) is 24.3 Å². The molecule has 0 bridgehead atoms. The molecule has 3 rings (SSSR count). The number of amides is 2. The van der Waals surface area contributed by atoms with Gasteiger partial charge in [-0.25, -0.2) is 4.39 Å². The molecule has 8 heteroatoms. The number of likely N-dealkylation sites (tertiary alicyclic amines) is 1. The number of benzene rings is 1. The second kappa shape index (κ2) is 11.1. The second-order valence-electron chi connectivity index (χ2n) is 8.30. The molecular weight excluding hydrogens is 421 g/mol. The largest absolute Gasteiger partial charge is 0.392 e. The number of hydrogen-bond donors (Lipinski definition) is 1. The monoisotopic (exact) mass is 451 g/mol. The van der Waals surface area contributed by atoms with Crippen LogP contribution in [-0.2, 0) is 9.59 Å². The Morgan fingerprint density at radius 1 is 1.26 bits per heavy atom. The average molecular weight is 452 g/mol. The number of piperidine rings is 1. The minimum Gasteiger partial charge on any atom is -0.392 e. The van der Waals surface area contributed by atoms with Gasteiger partial charge in [-0.05, 0) is 56.5 Å². The average Bonchev–Trinajstić information content (AvgIpc) is 2.93. The van der Waals surface area contributed by atoms with E-state index in [4.69, 9.17) is 11.6 Å². The van der Waals surface area contributed by atoms with Crippen molar-refractivity contribution in [3.63, 3.8) is 0 Å². The lowest BCUT2D eigenvalue weighted by molar-refractivity contribution is -0.130. The Balaban J connectivity index is 1.47. The molecule has 2 aliphatic rings. The number of nitrogens with zero attached hydrogens (tertiary/aromatic N) is 3. The summed E-state index contributed by atoms with van der Waals surface area (Å²) in [6.45, 7) is 5.94. The van der Waals surface area contributed by atoms with Crippen LogP contribution in [0.25, 0.3) is 6.08 Å². The van der Waals surface area contributed by atoms with Crippen molar-refractivity contribution in [1.82, 2.24) is 14.7 Å². The maximum atomic E-state index is 13.3. The first-order valence-corrected chi connectivity index (χ1v) is 11.3. The van der Waals surface area contributed by atoms with E-state index in [0.717, 1.165) is 32.4 Å². The van der Waals surface area contributed by atoms with Crippen LogP contribution >= 0.6 is 11.6 Å². The predicted octanol–water partition coefficient (Wildman–Crippen LogP) is 2.79. The summed E-state index contributed by atoms with van der Waals surface area (Å²) in [5.41, 5.74) is 0.643. The van der Waals surface area contributed by atoms with Crippen molar-refractivity contribution in [3.8, 4) is 0 Å². The summed E-state index contributed by atoms with van der Waals surface area (Å²) in [6, 6.07) is 4.45. The topological polar surface area (TPSA) is 64.1 Å². The van der Waals surface area contributed by atoms with Crippen molar-refractivity contribution >= 4 is 29.5 Å². The highest BCUT2D eigenvalue weighted by Gasteiger charge is 2.27. The van der Waals surface area contributed by atoms with Gasteiger partial charge in [0, 0.05) is 51.3 Å². The smallest absolute Gasteiger partial charge is 0.246 e. The van der Waals surface area contributed by atoms with E-state index in [1.54, 1.807) is 17.0 Å². The van der Waals surface area contributed by atoms with Crippen molar-refractivity contribution in [2.45, 2.75) is 44.8 Å². The summed E-state index contributed by atoms with van der Waals surface area (Å²) >= 11 is 5.78. The standard InChI is InChI=1S/C23H31ClFN3O3/c1-17-21(29)4-2-10-26(17)11-3-12-27-14-15-28(13-9-23(27)31)22(30)8-6-18-5-7-20(25)19(24)16-18/h5-8,16-17,21,29H,2-4,9-15H2,1H3/b8-6+/t17-,21-/m1/s1. The van der Waals surface area contributed by atoms with Crippen LogP contribution in [0.2, 0.25) is 5.02 Å². The van der Waals surface area contributed by atoms with Gasteiger partial charge in [-0.3, -0.25) is 14.5 Å². The molecule has 2 atom stereocenters. The van der Waals surface area contributed by atoms with E-state index < -0.39 is 5.82 Å². The zero-order valence-electron chi connectivity index (χ0n) is 18.0. The third-order valence-corrected chi connectivity index (χ3v) is 6.50. The quantitative estimate of drug-likeness (QED) is 0.675. The maximum absolute atomic E-state index is 13.3. The van der Waals surface area contributed by atoms with Crippen LogP contribution in [0, 0.1) is 5.82 Å². The summed E-state index contributed by atoms with van der Waals surface area (Å²) in [4.78, 5) is 30.8. The molecule has 2 saturated heterocycles. The number of aliphatic hydroxyl groups excluding tert-OH is 1. The normalized spacial score (nSPS) is 23.4. The highest BCUT2D eigenvalue weighted by Crippen LogP contribution is 2.18. The fourth-order valence-corrected chi connectivity index (χ4v) is 4.37. The third kappa shape index (κ3) is 6.51. The first-order chi connectivity index (χ1) is 14.8. The zero-order valence-corrected chi connectivity index (χ0v) is 18.7. The maximum Gasteiger partial charge on any atom is 0.246 e. The fraction of sp³-hybridized carbons (Fsp3) is 0.565. The third-order valence-electron chi connectivity index (χ3n) is 6.21. The molecule has 0 radical (unpaired) electrons. The lowest BCUT2D eigenvalue weighted by Gasteiger charge is -2.37. The molecule has 1 aromatic rings. The molecule has 0 aromatic heterocycles. The van der Waals surface area contributed by atoms with Gasteiger partial charge in [0.25, 0.3) is 0 Å². The Hall–Kier alpha value is -1.96. The number of aliphatic hydroxyl groups is 1. The van der Waals surface area contributed by atoms with Gasteiger partial charge in [0.2, 0.25) is 11.8 Å². The number of hydrogen-bond acceptors (Lipinski definition) is 4. The molecule has 1 aromatic carbocycles. The van der Waals surface area contributed by atoms with E-state index in [9.17, 15) is 19.1 Å². The van der Waals surface area contributed by atoms with E-state index in [-0.39, 0.29) is 29.0 Å². The van der Waals surface area contributed by atoms with E-state index in [0.29, 0.717) is 38.2 Å². The lowest BCUT2D eigenvalue weighted by Crippen LogP contribution is -2.47. The minimum atomic E-state index is -0.498. The SMILES string of the molecule is C[C@@H]1[C@H](O)CCCN1CCCN1CCN(C(=O)/C=C/c2ccc(F)c(Cl)c2)CCC1=O. The molecule has 2 amide bonds. The highest BCUT2D eigenvalue weighted by atomic mass is 35.5. The van der Waals surface area contributed by atoms with Gasteiger partial charge in [0.15, 0.2) is 0 Å². The van der Waals surface area contributed by atoms with Gasteiger partial charge in [-0.1, -0.05) is 17.7 Å². The van der Waals surface area contributed by atoms with Crippen molar-refractivity contribution in [2.24, 2.45) is 0 Å². The highest BCUT2D eigenvalue weighted by molar-refractivity contribution is 6.30. The van der Waals surface area contributed by atoms with Crippen LogP contribution in [-0.4, -0.2) is 83.0 Å². The van der Waals surface area contributed by atoms with Crippen molar-refractivity contribution < 1.29 is 19.1 Å². The summed E-state index contributed by atoms with van der Waals surface area (Å²) in [7, 11) is 0. The molecule has 0 saturated carbocycles. The van der Waals surface area contributed by atoms with Gasteiger partial charge in [0.05, 0.1) is 11.1 Å². The molecule has 6 nitrogen and oxygen atoms in total. The summed E-state index contributed by atoms with van der Waals surface area (Å²) in [6.07, 6.45) is 5.78. The van der Waals surface area contributed by atoms with Gasteiger partial charge >= 0.3 is 0 Å². The Labute approximate surface area is 188 Å². The van der Waals surface area contributed by atoms with Crippen LogP contribution in [0.4, 0.5) is 4.39 Å². The number of carbonyl (C=O) groups is 2. The number of carbonyl (C=O) groups excluding carboxylic acids is 2. The molecule has 0 aliphatic carbocycles. The van der Waals surface area contributed by atoms with Gasteiger partial charge in [-0.2, -0.15) is 0 Å². The van der Waals surface area contributed by atoms with Crippen molar-refractivity contribution in [3.05, 3.63) is 40.7 Å². The summed E-state index contributed by atoms with van der Waals surface area (Å²) in [5, 5.41) is 10.0. The van der Waals surface area contributed by atoms with Crippen molar-refractivity contribution in [1.29, 1.82) is 0 Å². The molecule has 0 unspecified atom stereocenters. The lowest BCUT2D eigenvalue weighted by atomic mass is 10.0. The molecule has 2 heterocycles. The molecule has 31 heavy (non-hydrogen) atoms. The molecule has 2 fully saturated rings. The van der Waals surface area contributed by atoms with Crippen LogP contribution < -0.4 is 0 Å². The van der Waals surface area contributed by atoms with Crippen molar-refractivity contribution in [2.75, 3.05) is 39.3 Å². The minimum absolute atomic E-state index is 0.0130. The van der Waals surface area contributed by atoms with Crippen LogP contribution in [0.3, 0.4) is 0 Å². The van der Waals surface area contributed by atoms with Crippen LogP contribution in [0.1, 0.15) is 38.2 Å². The van der Waals surface area contributed by atoms with Gasteiger partial charge in [-0.15, -0.1) is 0 Å². The summed E-state index contributed by atoms with van der Waals surface area (Å²) in [5.74, 6) is -0.607. The Bertz CT molecular complexity index is 819. The predicted molar refractivity (Wildman–Crippen MR) is 119 cm³/mol. The zero-order chi connectivity index (χ0) is 22.4. The molecule has 2 aliphatic heterocycles. The second-order valence-corrected chi connectivity index (χ2v) is 8.71. The Morgan fingerprint density at radius 3 is 2.84 bits per heavy atom. The summed E-state index contributed by atoms with van der Waals surface area (Å²) < 4.78 is 13.3. The van der Waals surface area contributed by atoms with E-state index in [1.807, 2.05) is 4.90 Å². The van der Waals surface area contributed by atoms with Crippen LogP contribution in [0.5, 0.6) is 0 Å². The van der Waals surface area contributed by atoms with Gasteiger partial charge in [0.1, 0.15) is 5.82 Å². The Kier molecular flexibility index (Phi) is 8.46. The van der Waals surface area contributed by atoms with E-state index in [2.05, 4.69) is 11.8 Å². The number of rotatable bonds is 6. The molecular formula is C23H31ClFN3O3. The fourth-order valence-electron chi connectivity index (χ4n) is 4.18. The molecule has 1 N–H and O–H groups in total. The van der Waals surface area contributed by atoms with Gasteiger partial charge < -0.3 is 14.9 Å². The first kappa shape index (κ1) is 23.7. The van der Waals surface area contributed by atoms with E-state index in [1.165, 1.54) is 18.2 Å². The molecule has 0 spiro atoms. The molecule has 170 valence electrons. The van der Waals surface area contributed by atoms with E-state index >= 15 is 0 Å². The Morgan fingerprint density at radius 2 is 2.06 bits per heavy atom. The first-order valence-electron chi connectivity index (χ1n) is 11.0. The number of halogens is 2.